The van der Waals surface area contributed by atoms with Crippen LogP contribution >= 0.6 is 11.6 Å². The zero-order valence-corrected chi connectivity index (χ0v) is 15.1. The van der Waals surface area contributed by atoms with Crippen molar-refractivity contribution < 1.29 is 29.3 Å². The fourth-order valence-electron chi connectivity index (χ4n) is 2.86. The first-order valence-corrected chi connectivity index (χ1v) is 8.78. The first kappa shape index (κ1) is 19.8. The average molecular weight is 397 g/mol. The predicted octanol–water partition coefficient (Wildman–Crippen LogP) is 0.434. The highest BCUT2D eigenvalue weighted by Crippen LogP contribution is 2.26. The lowest BCUT2D eigenvalue weighted by atomic mass is 9.96. The SMILES string of the molecule is O=C(NC[C@]1(O)CO[C@H](CNC(O)c2ccccc2Cl)[C@H]1O)c1ccco1. The zero-order valence-electron chi connectivity index (χ0n) is 14.3. The Morgan fingerprint density at radius 1 is 1.33 bits per heavy atom. The summed E-state index contributed by atoms with van der Waals surface area (Å²) >= 11 is 6.03. The second kappa shape index (κ2) is 8.39. The highest BCUT2D eigenvalue weighted by Gasteiger charge is 2.48. The van der Waals surface area contributed by atoms with Gasteiger partial charge in [-0.15, -0.1) is 0 Å². The van der Waals surface area contributed by atoms with Gasteiger partial charge in [0.2, 0.25) is 0 Å². The van der Waals surface area contributed by atoms with Gasteiger partial charge in [-0.3, -0.25) is 10.1 Å². The minimum atomic E-state index is -1.65. The maximum Gasteiger partial charge on any atom is 0.287 e. The van der Waals surface area contributed by atoms with Gasteiger partial charge in [-0.25, -0.2) is 0 Å². The summed E-state index contributed by atoms with van der Waals surface area (Å²) in [4.78, 5) is 11.9. The van der Waals surface area contributed by atoms with E-state index < -0.39 is 29.9 Å². The minimum absolute atomic E-state index is 0.0714. The van der Waals surface area contributed by atoms with E-state index >= 15 is 0 Å². The molecular formula is C18H21ClN2O6. The highest BCUT2D eigenvalue weighted by molar-refractivity contribution is 6.31. The third-order valence-corrected chi connectivity index (χ3v) is 4.81. The summed E-state index contributed by atoms with van der Waals surface area (Å²) in [7, 11) is 0. The molecule has 0 saturated carbocycles. The van der Waals surface area contributed by atoms with Crippen LogP contribution in [-0.4, -0.2) is 58.7 Å². The molecule has 1 fully saturated rings. The molecule has 0 aliphatic carbocycles. The van der Waals surface area contributed by atoms with Gasteiger partial charge in [-0.05, 0) is 18.2 Å². The van der Waals surface area contributed by atoms with Gasteiger partial charge in [0.25, 0.3) is 5.91 Å². The number of hydrogen-bond acceptors (Lipinski definition) is 7. The van der Waals surface area contributed by atoms with Gasteiger partial charge in [0, 0.05) is 17.1 Å². The highest BCUT2D eigenvalue weighted by atomic mass is 35.5. The summed E-state index contributed by atoms with van der Waals surface area (Å²) < 4.78 is 10.4. The van der Waals surface area contributed by atoms with Crippen molar-refractivity contribution in [2.24, 2.45) is 0 Å². The number of amides is 1. The van der Waals surface area contributed by atoms with Crippen molar-refractivity contribution in [3.63, 3.8) is 0 Å². The molecule has 1 amide bonds. The number of aliphatic hydroxyl groups excluding tert-OH is 2. The molecule has 2 aromatic rings. The summed E-state index contributed by atoms with van der Waals surface area (Å²) in [5.41, 5.74) is -1.16. The summed E-state index contributed by atoms with van der Waals surface area (Å²) in [6.07, 6.45) is -1.72. The summed E-state index contributed by atoms with van der Waals surface area (Å²) in [6.45, 7) is -0.305. The Balaban J connectivity index is 1.52. The van der Waals surface area contributed by atoms with E-state index in [0.29, 0.717) is 10.6 Å². The van der Waals surface area contributed by atoms with E-state index in [1.165, 1.54) is 12.3 Å². The number of aliphatic hydroxyl groups is 3. The van der Waals surface area contributed by atoms with Crippen molar-refractivity contribution in [1.29, 1.82) is 0 Å². The molecule has 1 aromatic heterocycles. The molecule has 8 nitrogen and oxygen atoms in total. The van der Waals surface area contributed by atoms with Crippen molar-refractivity contribution in [3.05, 3.63) is 59.0 Å². The molecule has 5 N–H and O–H groups in total. The predicted molar refractivity (Wildman–Crippen MR) is 96.2 cm³/mol. The Bertz CT molecular complexity index is 771. The van der Waals surface area contributed by atoms with Crippen molar-refractivity contribution in [3.8, 4) is 0 Å². The van der Waals surface area contributed by atoms with Crippen molar-refractivity contribution in [2.75, 3.05) is 19.7 Å². The molecule has 1 unspecified atom stereocenters. The molecule has 1 aliphatic heterocycles. The standard InChI is InChI=1S/C18H21ClN2O6/c19-12-5-2-1-4-11(12)16(23)20-8-14-15(22)18(25,10-27-14)9-21-17(24)13-6-3-7-26-13/h1-7,14-16,20,22-23,25H,8-10H2,(H,21,24)/t14-,15-,16?,18+/m1/s1. The van der Waals surface area contributed by atoms with Gasteiger partial charge < -0.3 is 29.8 Å². The fourth-order valence-corrected chi connectivity index (χ4v) is 3.10. The molecule has 0 spiro atoms. The first-order valence-electron chi connectivity index (χ1n) is 8.40. The quantitative estimate of drug-likeness (QED) is 0.430. The number of nitrogens with one attached hydrogen (secondary N) is 2. The lowest BCUT2D eigenvalue weighted by Crippen LogP contribution is -2.53. The number of halogens is 1. The van der Waals surface area contributed by atoms with Crippen LogP contribution in [-0.2, 0) is 4.74 Å². The normalized spacial score (nSPS) is 26.1. The number of benzene rings is 1. The van der Waals surface area contributed by atoms with E-state index in [4.69, 9.17) is 20.8 Å². The Kier molecular flexibility index (Phi) is 6.15. The van der Waals surface area contributed by atoms with E-state index in [1.54, 1.807) is 30.3 Å². The zero-order chi connectivity index (χ0) is 19.4. The van der Waals surface area contributed by atoms with Gasteiger partial charge in [-0.1, -0.05) is 29.8 Å². The molecule has 1 aromatic carbocycles. The molecule has 1 saturated heterocycles. The van der Waals surface area contributed by atoms with E-state index in [-0.39, 0.29) is 25.5 Å². The van der Waals surface area contributed by atoms with Crippen LogP contribution < -0.4 is 10.6 Å². The number of ether oxygens (including phenoxy) is 1. The van der Waals surface area contributed by atoms with Crippen LogP contribution in [0.4, 0.5) is 0 Å². The molecule has 2 heterocycles. The Labute approximate surface area is 160 Å². The molecule has 3 rings (SSSR count). The summed E-state index contributed by atoms with van der Waals surface area (Å²) in [6, 6.07) is 9.88. The number of carbonyl (C=O) groups excluding carboxylic acids is 1. The minimum Gasteiger partial charge on any atom is -0.459 e. The van der Waals surface area contributed by atoms with Gasteiger partial charge in [0.1, 0.15) is 17.9 Å². The number of rotatable bonds is 7. The molecule has 9 heteroatoms. The van der Waals surface area contributed by atoms with E-state index in [2.05, 4.69) is 10.6 Å². The topological polar surface area (TPSA) is 124 Å². The smallest absolute Gasteiger partial charge is 0.287 e. The van der Waals surface area contributed by atoms with Crippen LogP contribution in [0, 0.1) is 0 Å². The Morgan fingerprint density at radius 3 is 2.81 bits per heavy atom. The molecular weight excluding hydrogens is 376 g/mol. The second-order valence-corrected chi connectivity index (χ2v) is 6.80. The summed E-state index contributed by atoms with van der Waals surface area (Å²) in [5, 5.41) is 36.9. The van der Waals surface area contributed by atoms with Gasteiger partial charge >= 0.3 is 0 Å². The number of furan rings is 1. The van der Waals surface area contributed by atoms with E-state index in [0.717, 1.165) is 0 Å². The van der Waals surface area contributed by atoms with E-state index in [1.807, 2.05) is 0 Å². The van der Waals surface area contributed by atoms with E-state index in [9.17, 15) is 20.1 Å². The van der Waals surface area contributed by atoms with Crippen LogP contribution in [0.5, 0.6) is 0 Å². The Morgan fingerprint density at radius 2 is 2.11 bits per heavy atom. The molecule has 1 aliphatic rings. The fraction of sp³-hybridized carbons (Fsp3) is 0.389. The first-order chi connectivity index (χ1) is 12.9. The second-order valence-electron chi connectivity index (χ2n) is 6.39. The molecule has 0 bridgehead atoms. The molecule has 4 atom stereocenters. The maximum absolute atomic E-state index is 11.9. The van der Waals surface area contributed by atoms with Crippen LogP contribution in [0.3, 0.4) is 0 Å². The lowest BCUT2D eigenvalue weighted by Gasteiger charge is -2.27. The lowest BCUT2D eigenvalue weighted by molar-refractivity contribution is -0.0478. The third kappa shape index (κ3) is 4.49. The van der Waals surface area contributed by atoms with Crippen LogP contribution in [0.1, 0.15) is 22.3 Å². The maximum atomic E-state index is 11.9. The van der Waals surface area contributed by atoms with Crippen molar-refractivity contribution >= 4 is 17.5 Å². The van der Waals surface area contributed by atoms with Crippen LogP contribution in [0.25, 0.3) is 0 Å². The Hall–Kier alpha value is -1.94. The van der Waals surface area contributed by atoms with Gasteiger partial charge in [-0.2, -0.15) is 0 Å². The van der Waals surface area contributed by atoms with Gasteiger partial charge in [0.15, 0.2) is 5.76 Å². The monoisotopic (exact) mass is 396 g/mol. The molecule has 27 heavy (non-hydrogen) atoms. The van der Waals surface area contributed by atoms with Gasteiger partial charge in [0.05, 0.1) is 25.5 Å². The van der Waals surface area contributed by atoms with Crippen molar-refractivity contribution in [1.82, 2.24) is 10.6 Å². The number of hydrogen-bond donors (Lipinski definition) is 5. The van der Waals surface area contributed by atoms with Crippen LogP contribution in [0.15, 0.2) is 47.1 Å². The van der Waals surface area contributed by atoms with Crippen molar-refractivity contribution in [2.45, 2.75) is 24.0 Å². The average Bonchev–Trinajstić information content (AvgIpc) is 3.29. The molecule has 146 valence electrons. The summed E-state index contributed by atoms with van der Waals surface area (Å²) in [5.74, 6) is -0.399. The largest absolute Gasteiger partial charge is 0.459 e. The van der Waals surface area contributed by atoms with Crippen LogP contribution in [0.2, 0.25) is 5.02 Å². The molecule has 0 radical (unpaired) electrons. The third-order valence-electron chi connectivity index (χ3n) is 4.46. The number of carbonyl (C=O) groups is 1.